The van der Waals surface area contributed by atoms with Crippen LogP contribution in [0.2, 0.25) is 0 Å². The van der Waals surface area contributed by atoms with E-state index >= 15 is 0 Å². The molecule has 3 fully saturated rings. The van der Waals surface area contributed by atoms with E-state index in [9.17, 15) is 4.79 Å². The lowest BCUT2D eigenvalue weighted by Crippen LogP contribution is -2.47. The molecule has 2 nitrogen and oxygen atoms in total. The van der Waals surface area contributed by atoms with Crippen LogP contribution in [0.4, 0.5) is 0 Å². The van der Waals surface area contributed by atoms with E-state index in [-0.39, 0.29) is 5.41 Å². The summed E-state index contributed by atoms with van der Waals surface area (Å²) >= 11 is 0. The number of allylic oxidation sites excluding steroid dienone is 4. The highest BCUT2D eigenvalue weighted by Crippen LogP contribution is 2.63. The molecule has 0 aromatic heterocycles. The summed E-state index contributed by atoms with van der Waals surface area (Å²) in [6.45, 7) is 0. The van der Waals surface area contributed by atoms with Gasteiger partial charge in [-0.3, -0.25) is 4.79 Å². The van der Waals surface area contributed by atoms with Crippen LogP contribution in [0, 0.1) is 29.1 Å². The Kier molecular flexibility index (Phi) is 2.60. The number of carbonyl (C=O) groups excluding carboxylic acids is 1. The molecule has 7 atom stereocenters. The first kappa shape index (κ1) is 12.6. The Morgan fingerprint density at radius 3 is 2.86 bits per heavy atom. The first-order valence-electron chi connectivity index (χ1n) is 8.88. The maximum absolute atomic E-state index is 12.4. The summed E-state index contributed by atoms with van der Waals surface area (Å²) in [5.74, 6) is 3.25. The maximum Gasteiger partial charge on any atom is 0.145 e. The Balaban J connectivity index is 1.32. The van der Waals surface area contributed by atoms with E-state index in [4.69, 9.17) is 0 Å². The second-order valence-electron chi connectivity index (χ2n) is 8.30. The Bertz CT molecular complexity index is 536. The summed E-state index contributed by atoms with van der Waals surface area (Å²) in [5.41, 5.74) is 0.0692. The molecule has 0 aliphatic heterocycles. The van der Waals surface area contributed by atoms with Crippen LogP contribution in [-0.2, 0) is 4.79 Å². The first-order valence-corrected chi connectivity index (χ1v) is 8.88. The highest BCUT2D eigenvalue weighted by Gasteiger charge is 2.69. The fourth-order valence-corrected chi connectivity index (χ4v) is 6.05. The normalized spacial score (nSPS) is 53.4. The summed E-state index contributed by atoms with van der Waals surface area (Å²) in [4.78, 5) is 12.4. The van der Waals surface area contributed by atoms with Gasteiger partial charge in [-0.05, 0) is 62.7 Å². The van der Waals surface area contributed by atoms with E-state index in [1.54, 1.807) is 0 Å². The standard InChI is InChI=1S/C19H25NO/c21-18-17-16(10-14-5-2-6-19(17,18)11-14)20-15-8-12-3-1-4-13(7-12)9-15/h1-3,5,12-17,20H,4,6-11H2. The molecule has 7 unspecified atom stereocenters. The molecule has 3 saturated carbocycles. The SMILES string of the molecule is O=C1C2C(NC3CC4C=CCC(C4)C3)CC3C=CCC12C3. The van der Waals surface area contributed by atoms with Crippen molar-refractivity contribution in [3.63, 3.8) is 0 Å². The van der Waals surface area contributed by atoms with Crippen molar-refractivity contribution in [2.45, 2.75) is 57.0 Å². The van der Waals surface area contributed by atoms with Gasteiger partial charge in [0.15, 0.2) is 0 Å². The molecule has 5 aliphatic carbocycles. The summed E-state index contributed by atoms with van der Waals surface area (Å²) in [6.07, 6.45) is 18.1. The van der Waals surface area contributed by atoms with Crippen LogP contribution in [0.5, 0.6) is 0 Å². The van der Waals surface area contributed by atoms with Crippen molar-refractivity contribution in [2.75, 3.05) is 0 Å². The van der Waals surface area contributed by atoms with Gasteiger partial charge in [-0.2, -0.15) is 0 Å². The van der Waals surface area contributed by atoms with E-state index in [0.29, 0.717) is 29.7 Å². The zero-order valence-electron chi connectivity index (χ0n) is 12.6. The Morgan fingerprint density at radius 2 is 1.95 bits per heavy atom. The van der Waals surface area contributed by atoms with Gasteiger partial charge in [0.2, 0.25) is 0 Å². The van der Waals surface area contributed by atoms with Gasteiger partial charge >= 0.3 is 0 Å². The van der Waals surface area contributed by atoms with Gasteiger partial charge in [0.1, 0.15) is 5.78 Å². The average Bonchev–Trinajstić information content (AvgIpc) is 3.01. The van der Waals surface area contributed by atoms with E-state index in [1.165, 1.54) is 32.1 Å². The minimum atomic E-state index is 0.0692. The molecule has 5 aliphatic rings. The van der Waals surface area contributed by atoms with Crippen LogP contribution < -0.4 is 5.32 Å². The molecular weight excluding hydrogens is 258 g/mol. The number of hydrogen-bond donors (Lipinski definition) is 1. The zero-order chi connectivity index (χ0) is 14.0. The molecule has 0 amide bonds. The van der Waals surface area contributed by atoms with Crippen molar-refractivity contribution in [2.24, 2.45) is 29.1 Å². The quantitative estimate of drug-likeness (QED) is 0.788. The third kappa shape index (κ3) is 1.84. The van der Waals surface area contributed by atoms with Crippen LogP contribution >= 0.6 is 0 Å². The van der Waals surface area contributed by atoms with E-state index in [2.05, 4.69) is 29.6 Å². The summed E-state index contributed by atoms with van der Waals surface area (Å²) < 4.78 is 0. The second-order valence-corrected chi connectivity index (χ2v) is 8.30. The number of fused-ring (bicyclic) bond motifs is 3. The molecular formula is C19H25NO. The number of hydrogen-bond acceptors (Lipinski definition) is 2. The first-order chi connectivity index (χ1) is 10.2. The van der Waals surface area contributed by atoms with E-state index in [1.807, 2.05) is 0 Å². The van der Waals surface area contributed by atoms with Crippen molar-refractivity contribution in [3.05, 3.63) is 24.3 Å². The largest absolute Gasteiger partial charge is 0.310 e. The minimum Gasteiger partial charge on any atom is -0.310 e. The van der Waals surface area contributed by atoms with Crippen LogP contribution in [0.15, 0.2) is 24.3 Å². The Labute approximate surface area is 127 Å². The second kappa shape index (κ2) is 4.32. The number of Topliss-reactive ketones (excluding diaryl/α,β-unsaturated/α-hetero) is 1. The van der Waals surface area contributed by atoms with E-state index < -0.39 is 0 Å². The fraction of sp³-hybridized carbons (Fsp3) is 0.737. The Morgan fingerprint density at radius 1 is 1.05 bits per heavy atom. The highest BCUT2D eigenvalue weighted by atomic mass is 16.1. The summed E-state index contributed by atoms with van der Waals surface area (Å²) in [6, 6.07) is 1.12. The molecule has 0 aromatic carbocycles. The fourth-order valence-electron chi connectivity index (χ4n) is 6.05. The van der Waals surface area contributed by atoms with Crippen LogP contribution in [-0.4, -0.2) is 17.9 Å². The highest BCUT2D eigenvalue weighted by molar-refractivity contribution is 6.05. The lowest BCUT2D eigenvalue weighted by Gasteiger charge is -2.41. The van der Waals surface area contributed by atoms with Gasteiger partial charge in [0, 0.05) is 23.4 Å². The number of carbonyl (C=O) groups is 1. The summed E-state index contributed by atoms with van der Waals surface area (Å²) in [7, 11) is 0. The molecule has 0 saturated heterocycles. The van der Waals surface area contributed by atoms with Crippen LogP contribution in [0.1, 0.15) is 44.9 Å². The minimum absolute atomic E-state index is 0.0692. The topological polar surface area (TPSA) is 29.1 Å². The lowest BCUT2D eigenvalue weighted by molar-refractivity contribution is -0.113. The average molecular weight is 283 g/mol. The third-order valence-corrected chi connectivity index (χ3v) is 6.93. The van der Waals surface area contributed by atoms with Gasteiger partial charge in [-0.1, -0.05) is 24.3 Å². The third-order valence-electron chi connectivity index (χ3n) is 6.93. The van der Waals surface area contributed by atoms with Crippen LogP contribution in [0.25, 0.3) is 0 Å². The van der Waals surface area contributed by atoms with Gasteiger partial charge in [-0.25, -0.2) is 0 Å². The molecule has 1 N–H and O–H groups in total. The smallest absolute Gasteiger partial charge is 0.145 e. The molecule has 0 aromatic rings. The molecule has 2 heteroatoms. The predicted molar refractivity (Wildman–Crippen MR) is 82.7 cm³/mol. The summed E-state index contributed by atoms with van der Waals surface area (Å²) in [5, 5.41) is 3.94. The number of nitrogens with one attached hydrogen (secondary N) is 1. The van der Waals surface area contributed by atoms with Gasteiger partial charge in [-0.15, -0.1) is 0 Å². The molecule has 0 heterocycles. The van der Waals surface area contributed by atoms with Gasteiger partial charge in [0.05, 0.1) is 0 Å². The van der Waals surface area contributed by atoms with Crippen molar-refractivity contribution >= 4 is 5.78 Å². The zero-order valence-corrected chi connectivity index (χ0v) is 12.6. The molecule has 21 heavy (non-hydrogen) atoms. The number of rotatable bonds is 2. The van der Waals surface area contributed by atoms with Crippen LogP contribution in [0.3, 0.4) is 0 Å². The van der Waals surface area contributed by atoms with Crippen molar-refractivity contribution < 1.29 is 4.79 Å². The Hall–Kier alpha value is -0.890. The van der Waals surface area contributed by atoms with Crippen molar-refractivity contribution in [3.8, 4) is 0 Å². The van der Waals surface area contributed by atoms with Gasteiger partial charge in [0.25, 0.3) is 0 Å². The predicted octanol–water partition coefficient (Wildman–Crippen LogP) is 3.24. The number of ketones is 1. The molecule has 1 spiro atoms. The molecule has 4 bridgehead atoms. The van der Waals surface area contributed by atoms with Crippen molar-refractivity contribution in [1.29, 1.82) is 0 Å². The molecule has 112 valence electrons. The lowest BCUT2D eigenvalue weighted by atomic mass is 9.71. The van der Waals surface area contributed by atoms with E-state index in [0.717, 1.165) is 24.7 Å². The van der Waals surface area contributed by atoms with Crippen molar-refractivity contribution in [1.82, 2.24) is 5.32 Å². The monoisotopic (exact) mass is 283 g/mol. The maximum atomic E-state index is 12.4. The van der Waals surface area contributed by atoms with Gasteiger partial charge < -0.3 is 5.32 Å². The molecule has 5 rings (SSSR count). The molecule has 0 radical (unpaired) electrons.